The van der Waals surface area contributed by atoms with Crippen molar-refractivity contribution in [1.82, 2.24) is 9.88 Å². The molecule has 2 heterocycles. The Morgan fingerprint density at radius 2 is 1.94 bits per heavy atom. The largest absolute Gasteiger partial charge is 0.497 e. The molecule has 1 aliphatic carbocycles. The number of thiazole rings is 1. The van der Waals surface area contributed by atoms with Crippen LogP contribution in [0.5, 0.6) is 17.2 Å². The van der Waals surface area contributed by atoms with Gasteiger partial charge in [0, 0.05) is 11.1 Å². The van der Waals surface area contributed by atoms with Crippen LogP contribution in [-0.2, 0) is 5.54 Å². The molecule has 1 N–H and O–H groups in total. The first-order valence-corrected chi connectivity index (χ1v) is 12.0. The minimum Gasteiger partial charge on any atom is -0.497 e. The van der Waals surface area contributed by atoms with Crippen molar-refractivity contribution in [3.8, 4) is 17.2 Å². The van der Waals surface area contributed by atoms with Gasteiger partial charge in [-0.1, -0.05) is 32.0 Å². The van der Waals surface area contributed by atoms with Crippen LogP contribution in [0.25, 0.3) is 0 Å². The van der Waals surface area contributed by atoms with Crippen LogP contribution in [0.15, 0.2) is 48.7 Å². The molecule has 2 aromatic carbocycles. The van der Waals surface area contributed by atoms with Gasteiger partial charge in [-0.15, -0.1) is 11.3 Å². The molecule has 5 rings (SSSR count). The third-order valence-electron chi connectivity index (χ3n) is 6.40. The van der Waals surface area contributed by atoms with E-state index in [0.717, 1.165) is 48.3 Å². The standard InChI is InChI=1S/C25H29N3O3S/c1-4-28(5-2)23(17-7-6-8-19(13-17)29-3)22-15-26-24(32-22)27-25(11-12-25)18-9-10-20-21(14-18)31-16-30-20/h6-10,13-15,23H,4-5,11-12,16H2,1-3H3,(H,26,27). The van der Waals surface area contributed by atoms with E-state index in [4.69, 9.17) is 19.2 Å². The molecule has 1 saturated carbocycles. The Hall–Kier alpha value is -2.77. The molecule has 1 fully saturated rings. The number of nitrogens with zero attached hydrogens (tertiary/aromatic N) is 2. The smallest absolute Gasteiger partial charge is 0.231 e. The maximum atomic E-state index is 5.59. The van der Waals surface area contributed by atoms with Gasteiger partial charge in [0.1, 0.15) is 5.75 Å². The summed E-state index contributed by atoms with van der Waals surface area (Å²) < 4.78 is 16.5. The second kappa shape index (κ2) is 8.64. The Bertz CT molecular complexity index is 1090. The van der Waals surface area contributed by atoms with Gasteiger partial charge in [-0.2, -0.15) is 0 Å². The van der Waals surface area contributed by atoms with Gasteiger partial charge in [-0.3, -0.25) is 4.90 Å². The summed E-state index contributed by atoms with van der Waals surface area (Å²) in [5.74, 6) is 2.53. The first-order chi connectivity index (χ1) is 15.7. The highest BCUT2D eigenvalue weighted by Crippen LogP contribution is 2.51. The van der Waals surface area contributed by atoms with Crippen LogP contribution in [0.1, 0.15) is 48.7 Å². The number of hydrogen-bond acceptors (Lipinski definition) is 7. The van der Waals surface area contributed by atoms with Gasteiger partial charge in [-0.05, 0) is 61.3 Å². The Balaban J connectivity index is 1.42. The number of methoxy groups -OCH3 is 1. The lowest BCUT2D eigenvalue weighted by Gasteiger charge is -2.29. The molecule has 168 valence electrons. The molecule has 0 saturated heterocycles. The molecule has 0 amide bonds. The maximum Gasteiger partial charge on any atom is 0.231 e. The van der Waals surface area contributed by atoms with Gasteiger partial charge >= 0.3 is 0 Å². The molecule has 3 aromatic rings. The van der Waals surface area contributed by atoms with Gasteiger partial charge in [0.25, 0.3) is 0 Å². The number of ether oxygens (including phenoxy) is 3. The van der Waals surface area contributed by atoms with Crippen LogP contribution in [-0.4, -0.2) is 36.9 Å². The lowest BCUT2D eigenvalue weighted by Crippen LogP contribution is -2.28. The molecule has 1 unspecified atom stereocenters. The third kappa shape index (κ3) is 3.91. The van der Waals surface area contributed by atoms with Crippen molar-refractivity contribution in [3.05, 3.63) is 64.7 Å². The van der Waals surface area contributed by atoms with E-state index in [1.165, 1.54) is 16.0 Å². The second-order valence-corrected chi connectivity index (χ2v) is 9.31. The monoisotopic (exact) mass is 451 g/mol. The molecule has 6 nitrogen and oxygen atoms in total. The van der Waals surface area contributed by atoms with Crippen LogP contribution in [0.2, 0.25) is 0 Å². The number of hydrogen-bond donors (Lipinski definition) is 1. The first-order valence-electron chi connectivity index (χ1n) is 11.2. The fraction of sp³-hybridized carbons (Fsp3) is 0.400. The fourth-order valence-corrected chi connectivity index (χ4v) is 5.51. The number of anilines is 1. The minimum atomic E-state index is -0.0727. The summed E-state index contributed by atoms with van der Waals surface area (Å²) in [6, 6.07) is 14.7. The highest BCUT2D eigenvalue weighted by molar-refractivity contribution is 7.15. The van der Waals surface area contributed by atoms with E-state index >= 15 is 0 Å². The van der Waals surface area contributed by atoms with Crippen molar-refractivity contribution in [2.24, 2.45) is 0 Å². The van der Waals surface area contributed by atoms with E-state index in [1.54, 1.807) is 18.4 Å². The van der Waals surface area contributed by atoms with Crippen molar-refractivity contribution in [2.45, 2.75) is 38.3 Å². The number of aromatic nitrogens is 1. The highest BCUT2D eigenvalue weighted by atomic mass is 32.1. The predicted molar refractivity (Wildman–Crippen MR) is 127 cm³/mol. The molecule has 0 radical (unpaired) electrons. The summed E-state index contributed by atoms with van der Waals surface area (Å²) in [7, 11) is 1.71. The lowest BCUT2D eigenvalue weighted by molar-refractivity contribution is 0.174. The Kier molecular flexibility index (Phi) is 5.69. The van der Waals surface area contributed by atoms with Gasteiger partial charge < -0.3 is 19.5 Å². The normalized spacial score (nSPS) is 16.8. The van der Waals surface area contributed by atoms with Crippen LogP contribution >= 0.6 is 11.3 Å². The van der Waals surface area contributed by atoms with E-state index < -0.39 is 0 Å². The average molecular weight is 452 g/mol. The van der Waals surface area contributed by atoms with E-state index in [1.807, 2.05) is 18.3 Å². The molecule has 2 aliphatic rings. The van der Waals surface area contributed by atoms with Gasteiger partial charge in [-0.25, -0.2) is 4.98 Å². The zero-order valence-corrected chi connectivity index (χ0v) is 19.6. The van der Waals surface area contributed by atoms with Crippen molar-refractivity contribution < 1.29 is 14.2 Å². The molecule has 1 atom stereocenters. The summed E-state index contributed by atoms with van der Waals surface area (Å²) >= 11 is 1.73. The molecule has 0 bridgehead atoms. The van der Waals surface area contributed by atoms with Gasteiger partial charge in [0.15, 0.2) is 16.6 Å². The van der Waals surface area contributed by atoms with Crippen molar-refractivity contribution in [2.75, 3.05) is 32.3 Å². The molecular formula is C25H29N3O3S. The molecule has 0 spiro atoms. The second-order valence-electron chi connectivity index (χ2n) is 8.24. The Morgan fingerprint density at radius 3 is 2.69 bits per heavy atom. The SMILES string of the molecule is CCN(CC)C(c1cccc(OC)c1)c1cnc(NC2(c3ccc4c(c3)OCO4)CC2)s1. The number of rotatable bonds is 9. The van der Waals surface area contributed by atoms with E-state index in [0.29, 0.717) is 6.79 Å². The topological polar surface area (TPSA) is 55.9 Å². The van der Waals surface area contributed by atoms with Crippen LogP contribution in [0.4, 0.5) is 5.13 Å². The van der Waals surface area contributed by atoms with Gasteiger partial charge in [0.05, 0.1) is 18.7 Å². The van der Waals surface area contributed by atoms with Crippen LogP contribution < -0.4 is 19.5 Å². The molecule has 1 aliphatic heterocycles. The zero-order chi connectivity index (χ0) is 22.1. The number of fused-ring (bicyclic) bond motifs is 1. The molecule has 32 heavy (non-hydrogen) atoms. The van der Waals surface area contributed by atoms with E-state index in [9.17, 15) is 0 Å². The highest BCUT2D eigenvalue weighted by Gasteiger charge is 2.45. The van der Waals surface area contributed by atoms with Crippen molar-refractivity contribution in [3.63, 3.8) is 0 Å². The molecular weight excluding hydrogens is 422 g/mol. The summed E-state index contributed by atoms with van der Waals surface area (Å²) in [6.07, 6.45) is 4.18. The minimum absolute atomic E-state index is 0.0727. The van der Waals surface area contributed by atoms with Crippen molar-refractivity contribution in [1.29, 1.82) is 0 Å². The number of benzene rings is 2. The van der Waals surface area contributed by atoms with Crippen LogP contribution in [0.3, 0.4) is 0 Å². The van der Waals surface area contributed by atoms with E-state index in [2.05, 4.69) is 54.4 Å². The fourth-order valence-electron chi connectivity index (χ4n) is 4.44. The summed E-state index contributed by atoms with van der Waals surface area (Å²) in [5.41, 5.74) is 2.38. The summed E-state index contributed by atoms with van der Waals surface area (Å²) in [5, 5.41) is 4.68. The number of nitrogens with one attached hydrogen (secondary N) is 1. The quantitative estimate of drug-likeness (QED) is 0.469. The van der Waals surface area contributed by atoms with E-state index in [-0.39, 0.29) is 11.6 Å². The van der Waals surface area contributed by atoms with Gasteiger partial charge in [0.2, 0.25) is 6.79 Å². The van der Waals surface area contributed by atoms with Crippen molar-refractivity contribution >= 4 is 16.5 Å². The summed E-state index contributed by atoms with van der Waals surface area (Å²) in [6.45, 7) is 6.62. The van der Waals surface area contributed by atoms with Crippen LogP contribution in [0, 0.1) is 0 Å². The molecule has 7 heteroatoms. The Labute approximate surface area is 193 Å². The maximum absolute atomic E-state index is 5.59. The average Bonchev–Trinajstić information content (AvgIpc) is 3.22. The predicted octanol–water partition coefficient (Wildman–Crippen LogP) is 5.41. The molecule has 1 aromatic heterocycles. The zero-order valence-electron chi connectivity index (χ0n) is 18.8. The lowest BCUT2D eigenvalue weighted by atomic mass is 10.0. The first kappa shape index (κ1) is 21.1. The summed E-state index contributed by atoms with van der Waals surface area (Å²) in [4.78, 5) is 8.46. The Morgan fingerprint density at radius 1 is 1.12 bits per heavy atom. The third-order valence-corrected chi connectivity index (χ3v) is 7.37.